The van der Waals surface area contributed by atoms with Crippen LogP contribution in [0.25, 0.3) is 0 Å². The third-order valence-electron chi connectivity index (χ3n) is 3.31. The Kier molecular flexibility index (Phi) is 6.94. The number of hydrogen-bond acceptors (Lipinski definition) is 1. The Bertz CT molecular complexity index is 407. The van der Waals surface area contributed by atoms with Crippen molar-refractivity contribution in [2.24, 2.45) is 5.92 Å². The van der Waals surface area contributed by atoms with Crippen molar-refractivity contribution >= 4 is 15.9 Å². The van der Waals surface area contributed by atoms with E-state index in [4.69, 9.17) is 0 Å². The van der Waals surface area contributed by atoms with Gasteiger partial charge in [0.15, 0.2) is 0 Å². The van der Waals surface area contributed by atoms with Crippen molar-refractivity contribution in [1.82, 2.24) is 5.32 Å². The van der Waals surface area contributed by atoms with Crippen LogP contribution in [0.4, 0.5) is 8.78 Å². The summed E-state index contributed by atoms with van der Waals surface area (Å²) in [7, 11) is 0. The first-order chi connectivity index (χ1) is 8.97. The largest absolute Gasteiger partial charge is 0.314 e. The van der Waals surface area contributed by atoms with Crippen molar-refractivity contribution in [2.45, 2.75) is 46.1 Å². The Balaban J connectivity index is 2.71. The number of rotatable bonds is 7. The molecule has 1 N–H and O–H groups in total. The normalized spacial score (nSPS) is 13.0. The van der Waals surface area contributed by atoms with Gasteiger partial charge in [-0.05, 0) is 59.8 Å². The van der Waals surface area contributed by atoms with Gasteiger partial charge < -0.3 is 5.32 Å². The first kappa shape index (κ1) is 16.6. The van der Waals surface area contributed by atoms with Crippen LogP contribution in [0.2, 0.25) is 0 Å². The van der Waals surface area contributed by atoms with E-state index in [-0.39, 0.29) is 11.6 Å². The minimum Gasteiger partial charge on any atom is -0.314 e. The summed E-state index contributed by atoms with van der Waals surface area (Å²) < 4.78 is 27.8. The van der Waals surface area contributed by atoms with Crippen molar-refractivity contribution in [3.8, 4) is 0 Å². The Morgan fingerprint density at radius 3 is 2.53 bits per heavy atom. The van der Waals surface area contributed by atoms with Crippen LogP contribution in [0, 0.1) is 17.6 Å². The second kappa shape index (κ2) is 7.95. The molecule has 0 aliphatic heterocycles. The maximum Gasteiger partial charge on any atom is 0.143 e. The van der Waals surface area contributed by atoms with Crippen LogP contribution in [-0.4, -0.2) is 12.6 Å². The first-order valence-corrected chi connectivity index (χ1v) is 7.62. The van der Waals surface area contributed by atoms with Crippen LogP contribution in [0.15, 0.2) is 16.6 Å². The standard InChI is InChI=1S/C15H22BrF2N/c1-4-9-19-14(10(2)3)8-5-11-13(17)7-6-12(16)15(11)18/h6-7,10,14,19H,4-5,8-9H2,1-3H3. The number of halogens is 3. The molecule has 1 nitrogen and oxygen atoms in total. The minimum atomic E-state index is -0.474. The van der Waals surface area contributed by atoms with E-state index in [1.165, 1.54) is 12.1 Å². The van der Waals surface area contributed by atoms with Gasteiger partial charge in [0, 0.05) is 11.6 Å². The third-order valence-corrected chi connectivity index (χ3v) is 3.92. The molecule has 0 saturated carbocycles. The molecule has 1 aromatic carbocycles. The van der Waals surface area contributed by atoms with Gasteiger partial charge in [0.05, 0.1) is 4.47 Å². The fourth-order valence-electron chi connectivity index (χ4n) is 2.10. The van der Waals surface area contributed by atoms with Crippen LogP contribution >= 0.6 is 15.9 Å². The summed E-state index contributed by atoms with van der Waals surface area (Å²) in [4.78, 5) is 0. The highest BCUT2D eigenvalue weighted by Gasteiger charge is 2.17. The molecule has 1 atom stereocenters. The molecule has 4 heteroatoms. The molecule has 19 heavy (non-hydrogen) atoms. The van der Waals surface area contributed by atoms with Crippen LogP contribution < -0.4 is 5.32 Å². The Morgan fingerprint density at radius 2 is 1.95 bits per heavy atom. The second-order valence-corrected chi connectivity index (χ2v) is 6.02. The Hall–Kier alpha value is -0.480. The fourth-order valence-corrected chi connectivity index (χ4v) is 2.47. The maximum atomic E-state index is 13.9. The quantitative estimate of drug-likeness (QED) is 0.714. The SMILES string of the molecule is CCCNC(CCc1c(F)ccc(Br)c1F)C(C)C. The minimum absolute atomic E-state index is 0.179. The van der Waals surface area contributed by atoms with E-state index in [2.05, 4.69) is 42.0 Å². The van der Waals surface area contributed by atoms with Crippen LogP contribution in [-0.2, 0) is 6.42 Å². The predicted molar refractivity (Wildman–Crippen MR) is 79.3 cm³/mol. The highest BCUT2D eigenvalue weighted by molar-refractivity contribution is 9.10. The molecule has 1 aromatic rings. The van der Waals surface area contributed by atoms with Gasteiger partial charge in [0.2, 0.25) is 0 Å². The summed E-state index contributed by atoms with van der Waals surface area (Å²) in [5.74, 6) is -0.485. The lowest BCUT2D eigenvalue weighted by Gasteiger charge is -2.22. The number of nitrogens with one attached hydrogen (secondary N) is 1. The average Bonchev–Trinajstić information content (AvgIpc) is 2.37. The summed E-state index contributed by atoms with van der Waals surface area (Å²) in [6.07, 6.45) is 2.21. The highest BCUT2D eigenvalue weighted by atomic mass is 79.9. The molecular weight excluding hydrogens is 312 g/mol. The fraction of sp³-hybridized carbons (Fsp3) is 0.600. The van der Waals surface area contributed by atoms with E-state index in [9.17, 15) is 8.78 Å². The summed E-state index contributed by atoms with van der Waals surface area (Å²) >= 11 is 3.10. The molecule has 0 saturated heterocycles. The topological polar surface area (TPSA) is 12.0 Å². The predicted octanol–water partition coefficient (Wildman–Crippen LogP) is 4.68. The number of benzene rings is 1. The molecule has 0 aliphatic rings. The van der Waals surface area contributed by atoms with E-state index in [0.717, 1.165) is 19.4 Å². The monoisotopic (exact) mass is 333 g/mol. The van der Waals surface area contributed by atoms with Gasteiger partial charge in [-0.2, -0.15) is 0 Å². The summed E-state index contributed by atoms with van der Waals surface area (Å²) in [5.41, 5.74) is 0.179. The third kappa shape index (κ3) is 4.84. The van der Waals surface area contributed by atoms with E-state index in [1.54, 1.807) is 0 Å². The van der Waals surface area contributed by atoms with Crippen LogP contribution in [0.1, 0.15) is 39.2 Å². The zero-order valence-corrected chi connectivity index (χ0v) is 13.4. The zero-order chi connectivity index (χ0) is 14.4. The molecule has 0 spiro atoms. The zero-order valence-electron chi connectivity index (χ0n) is 11.8. The number of hydrogen-bond donors (Lipinski definition) is 1. The summed E-state index contributed by atoms with van der Waals surface area (Å²) in [5, 5.41) is 3.44. The van der Waals surface area contributed by atoms with Crippen LogP contribution in [0.5, 0.6) is 0 Å². The van der Waals surface area contributed by atoms with Crippen molar-refractivity contribution in [2.75, 3.05) is 6.54 Å². The van der Waals surface area contributed by atoms with Crippen molar-refractivity contribution in [1.29, 1.82) is 0 Å². The van der Waals surface area contributed by atoms with Gasteiger partial charge in [-0.15, -0.1) is 0 Å². The second-order valence-electron chi connectivity index (χ2n) is 5.17. The highest BCUT2D eigenvalue weighted by Crippen LogP contribution is 2.23. The summed E-state index contributed by atoms with van der Waals surface area (Å²) in [6, 6.07) is 3.01. The van der Waals surface area contributed by atoms with E-state index in [1.807, 2.05) is 0 Å². The molecule has 0 aliphatic carbocycles. The van der Waals surface area contributed by atoms with E-state index >= 15 is 0 Å². The van der Waals surface area contributed by atoms with Gasteiger partial charge in [0.25, 0.3) is 0 Å². The molecule has 0 heterocycles. The lowest BCUT2D eigenvalue weighted by molar-refractivity contribution is 0.374. The Morgan fingerprint density at radius 1 is 1.26 bits per heavy atom. The molecule has 1 rings (SSSR count). The summed E-state index contributed by atoms with van der Waals surface area (Å²) in [6.45, 7) is 7.30. The molecule has 0 radical (unpaired) electrons. The molecule has 0 amide bonds. The van der Waals surface area contributed by atoms with Gasteiger partial charge in [-0.1, -0.05) is 20.8 Å². The molecule has 0 fully saturated rings. The van der Waals surface area contributed by atoms with Gasteiger partial charge >= 0.3 is 0 Å². The average molecular weight is 334 g/mol. The van der Waals surface area contributed by atoms with Gasteiger partial charge in [-0.25, -0.2) is 8.78 Å². The Labute approximate surface area is 122 Å². The molecule has 0 aromatic heterocycles. The smallest absolute Gasteiger partial charge is 0.143 e. The maximum absolute atomic E-state index is 13.9. The van der Waals surface area contributed by atoms with Crippen LogP contribution in [0.3, 0.4) is 0 Å². The van der Waals surface area contributed by atoms with E-state index < -0.39 is 11.6 Å². The van der Waals surface area contributed by atoms with Crippen molar-refractivity contribution in [3.63, 3.8) is 0 Å². The lowest BCUT2D eigenvalue weighted by Crippen LogP contribution is -2.34. The molecule has 0 bridgehead atoms. The van der Waals surface area contributed by atoms with Gasteiger partial charge in [-0.3, -0.25) is 0 Å². The lowest BCUT2D eigenvalue weighted by atomic mass is 9.96. The van der Waals surface area contributed by atoms with Crippen molar-refractivity contribution < 1.29 is 8.78 Å². The van der Waals surface area contributed by atoms with E-state index in [0.29, 0.717) is 16.8 Å². The molecule has 1 unspecified atom stereocenters. The van der Waals surface area contributed by atoms with Crippen molar-refractivity contribution in [3.05, 3.63) is 33.8 Å². The van der Waals surface area contributed by atoms with Gasteiger partial charge in [0.1, 0.15) is 11.6 Å². The first-order valence-electron chi connectivity index (χ1n) is 6.83. The molecule has 108 valence electrons. The molecular formula is C15H22BrF2N.